The van der Waals surface area contributed by atoms with Gasteiger partial charge in [-0.25, -0.2) is 0 Å². The first-order valence-electron chi connectivity index (χ1n) is 3.99. The average Bonchev–Trinajstić information content (AvgIpc) is 2.06. The minimum atomic E-state index is 0.0980. The summed E-state index contributed by atoms with van der Waals surface area (Å²) in [4.78, 5) is 2.01. The Bertz CT molecular complexity index is 221. The van der Waals surface area contributed by atoms with Gasteiger partial charge in [-0.1, -0.05) is 12.1 Å². The molecule has 12 heavy (non-hydrogen) atoms. The van der Waals surface area contributed by atoms with Crippen molar-refractivity contribution in [2.24, 2.45) is 0 Å². The molecule has 0 aromatic heterocycles. The number of benzene rings is 1. The lowest BCUT2D eigenvalue weighted by atomic mass is 10.3. The van der Waals surface area contributed by atoms with Crippen LogP contribution in [0.1, 0.15) is 6.92 Å². The van der Waals surface area contributed by atoms with E-state index >= 15 is 0 Å². The molecule has 1 atom stereocenters. The molecule has 0 aliphatic heterocycles. The Labute approximate surface area is 73.8 Å². The van der Waals surface area contributed by atoms with Gasteiger partial charge in [-0.2, -0.15) is 0 Å². The molecule has 0 saturated carbocycles. The fourth-order valence-electron chi connectivity index (χ4n) is 0.753. The zero-order valence-corrected chi connectivity index (χ0v) is 7.74. The van der Waals surface area contributed by atoms with Crippen molar-refractivity contribution in [2.45, 2.75) is 13.2 Å². The summed E-state index contributed by atoms with van der Waals surface area (Å²) in [5.74, 6) is 0.860. The van der Waals surface area contributed by atoms with Crippen LogP contribution in [0.4, 0.5) is 0 Å². The van der Waals surface area contributed by atoms with Gasteiger partial charge in [-0.3, -0.25) is 4.90 Å². The van der Waals surface area contributed by atoms with Crippen LogP contribution in [0.5, 0.6) is 5.75 Å². The molecule has 0 saturated heterocycles. The summed E-state index contributed by atoms with van der Waals surface area (Å²) in [7, 11) is 3.97. The van der Waals surface area contributed by atoms with Gasteiger partial charge >= 0.3 is 0 Å². The van der Waals surface area contributed by atoms with Crippen molar-refractivity contribution in [2.75, 3.05) is 14.1 Å². The van der Waals surface area contributed by atoms with E-state index in [0.717, 1.165) is 5.75 Å². The molecule has 1 aromatic carbocycles. The van der Waals surface area contributed by atoms with Gasteiger partial charge in [-0.15, -0.1) is 0 Å². The van der Waals surface area contributed by atoms with Crippen LogP contribution in [-0.2, 0) is 0 Å². The van der Waals surface area contributed by atoms with Crippen LogP contribution in [0.3, 0.4) is 0 Å². The van der Waals surface area contributed by atoms with Crippen molar-refractivity contribution in [3.63, 3.8) is 0 Å². The van der Waals surface area contributed by atoms with E-state index in [2.05, 4.69) is 6.07 Å². The van der Waals surface area contributed by atoms with Crippen molar-refractivity contribution in [3.05, 3.63) is 30.3 Å². The molecule has 0 spiro atoms. The van der Waals surface area contributed by atoms with Crippen molar-refractivity contribution in [3.8, 4) is 5.75 Å². The third-order valence-corrected chi connectivity index (χ3v) is 1.71. The van der Waals surface area contributed by atoms with Gasteiger partial charge in [-0.05, 0) is 39.2 Å². The predicted molar refractivity (Wildman–Crippen MR) is 49.1 cm³/mol. The van der Waals surface area contributed by atoms with Crippen LogP contribution >= 0.6 is 0 Å². The van der Waals surface area contributed by atoms with Gasteiger partial charge in [0.25, 0.3) is 0 Å². The zero-order valence-electron chi connectivity index (χ0n) is 7.74. The molecule has 0 aliphatic rings. The maximum absolute atomic E-state index is 5.57. The Morgan fingerprint density at radius 1 is 1.50 bits per heavy atom. The molecule has 65 valence electrons. The van der Waals surface area contributed by atoms with Crippen molar-refractivity contribution in [1.29, 1.82) is 0 Å². The third kappa shape index (κ3) is 2.55. The van der Waals surface area contributed by atoms with E-state index in [4.69, 9.17) is 4.74 Å². The van der Waals surface area contributed by atoms with E-state index in [9.17, 15) is 0 Å². The number of ether oxygens (including phenoxy) is 1. The summed E-state index contributed by atoms with van der Waals surface area (Å²) < 4.78 is 5.57. The predicted octanol–water partition coefficient (Wildman–Crippen LogP) is 1.77. The molecule has 0 N–H and O–H groups in total. The average molecular weight is 164 g/mol. The van der Waals surface area contributed by atoms with E-state index in [0.29, 0.717) is 0 Å². The smallest absolute Gasteiger partial charge is 0.149 e. The number of hydrogen-bond acceptors (Lipinski definition) is 2. The molecule has 1 unspecified atom stereocenters. The number of hydrogen-bond donors (Lipinski definition) is 0. The van der Waals surface area contributed by atoms with Gasteiger partial charge in [0.05, 0.1) is 0 Å². The molecule has 0 bridgehead atoms. The van der Waals surface area contributed by atoms with Crippen LogP contribution in [0.2, 0.25) is 0 Å². The highest BCUT2D eigenvalue weighted by atomic mass is 16.5. The summed E-state index contributed by atoms with van der Waals surface area (Å²) in [5.41, 5.74) is 0. The fourth-order valence-corrected chi connectivity index (χ4v) is 0.753. The second kappa shape index (κ2) is 4.12. The van der Waals surface area contributed by atoms with E-state index < -0.39 is 0 Å². The van der Waals surface area contributed by atoms with E-state index in [1.54, 1.807) is 0 Å². The second-order valence-electron chi connectivity index (χ2n) is 2.92. The molecule has 2 heteroatoms. The maximum atomic E-state index is 5.57. The molecular weight excluding hydrogens is 150 g/mol. The molecular formula is C10H14NO. The first-order chi connectivity index (χ1) is 5.70. The van der Waals surface area contributed by atoms with Crippen LogP contribution in [-0.4, -0.2) is 25.2 Å². The Kier molecular flexibility index (Phi) is 3.11. The lowest BCUT2D eigenvalue weighted by molar-refractivity contribution is 0.0815. The van der Waals surface area contributed by atoms with E-state index in [-0.39, 0.29) is 6.23 Å². The van der Waals surface area contributed by atoms with Crippen molar-refractivity contribution < 1.29 is 4.74 Å². The van der Waals surface area contributed by atoms with Crippen LogP contribution in [0.15, 0.2) is 24.3 Å². The molecule has 0 aliphatic carbocycles. The monoisotopic (exact) mass is 164 g/mol. The van der Waals surface area contributed by atoms with Crippen molar-refractivity contribution >= 4 is 0 Å². The van der Waals surface area contributed by atoms with E-state index in [1.165, 1.54) is 0 Å². The Morgan fingerprint density at radius 2 is 2.25 bits per heavy atom. The summed E-state index contributed by atoms with van der Waals surface area (Å²) in [5, 5.41) is 0. The standard InChI is InChI=1S/C10H14NO/c1-9(11(2)3)12-10-7-5-4-6-8-10/h4-5,7-9H,1-3H3. The lowest BCUT2D eigenvalue weighted by Gasteiger charge is -2.20. The highest BCUT2D eigenvalue weighted by molar-refractivity contribution is 5.20. The Balaban J connectivity index is 2.53. The number of nitrogens with zero attached hydrogens (tertiary/aromatic N) is 1. The molecule has 1 rings (SSSR count). The molecule has 0 heterocycles. The van der Waals surface area contributed by atoms with Crippen LogP contribution in [0.25, 0.3) is 0 Å². The van der Waals surface area contributed by atoms with Gasteiger partial charge in [0.15, 0.2) is 0 Å². The lowest BCUT2D eigenvalue weighted by Crippen LogP contribution is -2.30. The summed E-state index contributed by atoms with van der Waals surface area (Å²) in [6.07, 6.45) is 0.0980. The van der Waals surface area contributed by atoms with Gasteiger partial charge < -0.3 is 4.74 Å². The quantitative estimate of drug-likeness (QED) is 0.631. The minimum Gasteiger partial charge on any atom is -0.475 e. The van der Waals surface area contributed by atoms with Gasteiger partial charge in [0.1, 0.15) is 12.0 Å². The van der Waals surface area contributed by atoms with Crippen molar-refractivity contribution in [1.82, 2.24) is 4.90 Å². The van der Waals surface area contributed by atoms with Crippen LogP contribution in [0, 0.1) is 6.07 Å². The van der Waals surface area contributed by atoms with Gasteiger partial charge in [0, 0.05) is 0 Å². The second-order valence-corrected chi connectivity index (χ2v) is 2.92. The zero-order chi connectivity index (χ0) is 8.97. The largest absolute Gasteiger partial charge is 0.475 e. The van der Waals surface area contributed by atoms with Gasteiger partial charge in [0.2, 0.25) is 0 Å². The summed E-state index contributed by atoms with van der Waals surface area (Å²) in [6, 6.07) is 10.5. The molecule has 2 nitrogen and oxygen atoms in total. The Hall–Kier alpha value is -1.02. The normalized spacial score (nSPS) is 13.0. The molecule has 1 radical (unpaired) electrons. The topological polar surface area (TPSA) is 12.5 Å². The third-order valence-electron chi connectivity index (χ3n) is 1.71. The Morgan fingerprint density at radius 3 is 2.75 bits per heavy atom. The highest BCUT2D eigenvalue weighted by Crippen LogP contribution is 2.10. The van der Waals surface area contributed by atoms with Crippen LogP contribution < -0.4 is 4.74 Å². The highest BCUT2D eigenvalue weighted by Gasteiger charge is 2.04. The molecule has 1 aromatic rings. The first kappa shape index (κ1) is 9.07. The SMILES string of the molecule is CC(Oc1c[c]ccc1)N(C)C. The summed E-state index contributed by atoms with van der Waals surface area (Å²) in [6.45, 7) is 2.01. The van der Waals surface area contributed by atoms with E-state index in [1.807, 2.05) is 50.2 Å². The molecule has 0 amide bonds. The minimum absolute atomic E-state index is 0.0980. The molecule has 0 fully saturated rings. The summed E-state index contributed by atoms with van der Waals surface area (Å²) >= 11 is 0. The number of rotatable bonds is 3. The fraction of sp³-hybridized carbons (Fsp3) is 0.400. The maximum Gasteiger partial charge on any atom is 0.149 e. The first-order valence-corrected chi connectivity index (χ1v) is 3.99.